The van der Waals surface area contributed by atoms with Crippen molar-refractivity contribution < 1.29 is 14.3 Å². The number of carbonyl (C=O) groups excluding carboxylic acids is 2. The van der Waals surface area contributed by atoms with Gasteiger partial charge in [0.2, 0.25) is 0 Å². The van der Waals surface area contributed by atoms with Crippen LogP contribution in [0.1, 0.15) is 31.1 Å². The molecule has 0 unspecified atom stereocenters. The topological polar surface area (TPSA) is 85.9 Å². The first-order valence-corrected chi connectivity index (χ1v) is 11.0. The van der Waals surface area contributed by atoms with Crippen molar-refractivity contribution in [3.05, 3.63) is 48.0 Å². The van der Waals surface area contributed by atoms with Gasteiger partial charge in [-0.15, -0.1) is 0 Å². The maximum atomic E-state index is 12.9. The third-order valence-electron chi connectivity index (χ3n) is 5.02. The standard InChI is InChI=1S/C24H35N5O3/c1-6-29(7-2)16-15-25-23(30)19-17-18(13-14-21(19)28(4)5)26-24(31)27-20-11-9-10-12-22(20)32-8-3/h9-14,17H,6-8,15-16H2,1-5H3,(H,25,30)(H2,26,27,31). The van der Waals surface area contributed by atoms with Crippen LogP contribution in [0.2, 0.25) is 0 Å². The highest BCUT2D eigenvalue weighted by Crippen LogP contribution is 2.25. The van der Waals surface area contributed by atoms with E-state index in [0.717, 1.165) is 25.3 Å². The van der Waals surface area contributed by atoms with Gasteiger partial charge in [-0.25, -0.2) is 4.79 Å². The molecule has 0 radical (unpaired) electrons. The molecule has 0 saturated carbocycles. The Labute approximate surface area is 190 Å². The Balaban J connectivity index is 2.11. The molecule has 174 valence electrons. The normalized spacial score (nSPS) is 10.6. The average molecular weight is 442 g/mol. The Bertz CT molecular complexity index is 897. The van der Waals surface area contributed by atoms with Crippen molar-refractivity contribution in [2.24, 2.45) is 0 Å². The number of likely N-dealkylation sites (N-methyl/N-ethyl adjacent to an activating group) is 1. The first-order valence-electron chi connectivity index (χ1n) is 11.0. The van der Waals surface area contributed by atoms with Crippen molar-refractivity contribution in [1.82, 2.24) is 10.2 Å². The molecule has 8 nitrogen and oxygen atoms in total. The molecule has 0 aliphatic rings. The summed E-state index contributed by atoms with van der Waals surface area (Å²) in [5, 5.41) is 8.58. The molecule has 0 spiro atoms. The quantitative estimate of drug-likeness (QED) is 0.493. The summed E-state index contributed by atoms with van der Waals surface area (Å²) in [7, 11) is 3.76. The Morgan fingerprint density at radius 2 is 1.69 bits per heavy atom. The van der Waals surface area contributed by atoms with E-state index >= 15 is 0 Å². The number of nitrogens with one attached hydrogen (secondary N) is 3. The number of hydrogen-bond donors (Lipinski definition) is 3. The Hall–Kier alpha value is -3.26. The molecule has 0 atom stereocenters. The summed E-state index contributed by atoms with van der Waals surface area (Å²) in [6.07, 6.45) is 0. The lowest BCUT2D eigenvalue weighted by atomic mass is 10.1. The second-order valence-electron chi connectivity index (χ2n) is 7.42. The fourth-order valence-corrected chi connectivity index (χ4v) is 3.28. The number of anilines is 3. The summed E-state index contributed by atoms with van der Waals surface area (Å²) in [6, 6.07) is 12.1. The van der Waals surface area contributed by atoms with E-state index in [1.807, 2.05) is 44.1 Å². The van der Waals surface area contributed by atoms with Crippen molar-refractivity contribution >= 4 is 29.0 Å². The Morgan fingerprint density at radius 1 is 0.969 bits per heavy atom. The minimum absolute atomic E-state index is 0.174. The molecule has 0 aliphatic carbocycles. The maximum Gasteiger partial charge on any atom is 0.323 e. The minimum Gasteiger partial charge on any atom is -0.492 e. The van der Waals surface area contributed by atoms with Crippen LogP contribution < -0.4 is 25.6 Å². The molecular weight excluding hydrogens is 406 g/mol. The lowest BCUT2D eigenvalue weighted by Crippen LogP contribution is -2.35. The summed E-state index contributed by atoms with van der Waals surface area (Å²) < 4.78 is 5.55. The molecule has 0 bridgehead atoms. The third-order valence-corrected chi connectivity index (χ3v) is 5.02. The van der Waals surface area contributed by atoms with E-state index in [9.17, 15) is 9.59 Å². The zero-order chi connectivity index (χ0) is 23.5. The predicted octanol–water partition coefficient (Wildman–Crippen LogP) is 3.87. The van der Waals surface area contributed by atoms with Gasteiger partial charge in [-0.3, -0.25) is 4.79 Å². The number of benzene rings is 2. The van der Waals surface area contributed by atoms with E-state index in [-0.39, 0.29) is 5.91 Å². The number of carbonyl (C=O) groups is 2. The van der Waals surface area contributed by atoms with Gasteiger partial charge in [0.25, 0.3) is 5.91 Å². The summed E-state index contributed by atoms with van der Waals surface area (Å²) in [6.45, 7) is 9.81. The zero-order valence-corrected chi connectivity index (χ0v) is 19.7. The number of nitrogens with zero attached hydrogens (tertiary/aromatic N) is 2. The number of amides is 3. The molecular formula is C24H35N5O3. The van der Waals surface area contributed by atoms with Gasteiger partial charge in [0.15, 0.2) is 0 Å². The molecule has 2 rings (SSSR count). The van der Waals surface area contributed by atoms with E-state index in [0.29, 0.717) is 35.8 Å². The highest BCUT2D eigenvalue weighted by Gasteiger charge is 2.15. The van der Waals surface area contributed by atoms with E-state index in [4.69, 9.17) is 4.74 Å². The van der Waals surface area contributed by atoms with Gasteiger partial charge in [0.05, 0.1) is 17.9 Å². The van der Waals surface area contributed by atoms with Crippen LogP contribution in [0.25, 0.3) is 0 Å². The first kappa shape index (κ1) is 25.0. The molecule has 0 aliphatic heterocycles. The smallest absolute Gasteiger partial charge is 0.323 e. The maximum absolute atomic E-state index is 12.9. The lowest BCUT2D eigenvalue weighted by Gasteiger charge is -2.20. The molecule has 3 amide bonds. The summed E-state index contributed by atoms with van der Waals surface area (Å²) in [5.41, 5.74) is 2.38. The van der Waals surface area contributed by atoms with Gasteiger partial charge in [0, 0.05) is 38.6 Å². The van der Waals surface area contributed by atoms with Crippen LogP contribution in [0.15, 0.2) is 42.5 Å². The molecule has 8 heteroatoms. The van der Waals surface area contributed by atoms with Gasteiger partial charge in [-0.05, 0) is 50.3 Å². The third kappa shape index (κ3) is 7.16. The minimum atomic E-state index is -0.414. The molecule has 2 aromatic carbocycles. The molecule has 0 fully saturated rings. The highest BCUT2D eigenvalue weighted by atomic mass is 16.5. The van der Waals surface area contributed by atoms with E-state index in [2.05, 4.69) is 34.7 Å². The van der Waals surface area contributed by atoms with Crippen LogP contribution in [0.4, 0.5) is 21.9 Å². The van der Waals surface area contributed by atoms with E-state index in [1.165, 1.54) is 0 Å². The number of para-hydroxylation sites is 2. The fraction of sp³-hybridized carbons (Fsp3) is 0.417. The van der Waals surface area contributed by atoms with Gasteiger partial charge in [-0.2, -0.15) is 0 Å². The number of urea groups is 1. The van der Waals surface area contributed by atoms with Crippen molar-refractivity contribution in [2.75, 3.05) is 62.4 Å². The number of rotatable bonds is 11. The van der Waals surface area contributed by atoms with Gasteiger partial charge < -0.3 is 30.5 Å². The van der Waals surface area contributed by atoms with Crippen LogP contribution in [-0.4, -0.2) is 63.7 Å². The Morgan fingerprint density at radius 3 is 2.34 bits per heavy atom. The summed E-state index contributed by atoms with van der Waals surface area (Å²) in [4.78, 5) is 29.6. The highest BCUT2D eigenvalue weighted by molar-refractivity contribution is 6.04. The van der Waals surface area contributed by atoms with Crippen molar-refractivity contribution in [1.29, 1.82) is 0 Å². The van der Waals surface area contributed by atoms with E-state index in [1.54, 1.807) is 24.3 Å². The number of ether oxygens (including phenoxy) is 1. The van der Waals surface area contributed by atoms with Crippen molar-refractivity contribution in [2.45, 2.75) is 20.8 Å². The molecule has 0 aromatic heterocycles. The van der Waals surface area contributed by atoms with Crippen LogP contribution in [-0.2, 0) is 0 Å². The van der Waals surface area contributed by atoms with Crippen molar-refractivity contribution in [3.63, 3.8) is 0 Å². The van der Waals surface area contributed by atoms with E-state index < -0.39 is 6.03 Å². The summed E-state index contributed by atoms with van der Waals surface area (Å²) in [5.74, 6) is 0.424. The molecule has 0 heterocycles. The second kappa shape index (κ2) is 12.6. The fourth-order valence-electron chi connectivity index (χ4n) is 3.28. The van der Waals surface area contributed by atoms with Gasteiger partial charge >= 0.3 is 6.03 Å². The SMILES string of the molecule is CCOc1ccccc1NC(=O)Nc1ccc(N(C)C)c(C(=O)NCCN(CC)CC)c1. The number of hydrogen-bond acceptors (Lipinski definition) is 5. The second-order valence-corrected chi connectivity index (χ2v) is 7.42. The molecule has 2 aromatic rings. The summed E-state index contributed by atoms with van der Waals surface area (Å²) >= 11 is 0. The average Bonchev–Trinajstić information content (AvgIpc) is 2.78. The molecule has 3 N–H and O–H groups in total. The van der Waals surface area contributed by atoms with Gasteiger partial charge in [-0.1, -0.05) is 26.0 Å². The van der Waals surface area contributed by atoms with Crippen LogP contribution in [0.5, 0.6) is 5.75 Å². The van der Waals surface area contributed by atoms with Gasteiger partial charge in [0.1, 0.15) is 5.75 Å². The zero-order valence-electron chi connectivity index (χ0n) is 19.7. The van der Waals surface area contributed by atoms with Crippen molar-refractivity contribution in [3.8, 4) is 5.75 Å². The molecule has 32 heavy (non-hydrogen) atoms. The van der Waals surface area contributed by atoms with Crippen LogP contribution in [0, 0.1) is 0 Å². The monoisotopic (exact) mass is 441 g/mol. The first-order chi connectivity index (χ1) is 15.4. The van der Waals surface area contributed by atoms with Crippen LogP contribution >= 0.6 is 0 Å². The van der Waals surface area contributed by atoms with Crippen LogP contribution in [0.3, 0.4) is 0 Å². The largest absolute Gasteiger partial charge is 0.492 e. The Kier molecular flexibility index (Phi) is 9.81. The molecule has 0 saturated heterocycles. The predicted molar refractivity (Wildman–Crippen MR) is 131 cm³/mol. The lowest BCUT2D eigenvalue weighted by molar-refractivity contribution is 0.0949.